The van der Waals surface area contributed by atoms with Gasteiger partial charge in [0.2, 0.25) is 10.0 Å². The Morgan fingerprint density at radius 3 is 2.40 bits per heavy atom. The predicted octanol–water partition coefficient (Wildman–Crippen LogP) is 2.78. The number of nitrogens with one attached hydrogen (secondary N) is 1. The van der Waals surface area contributed by atoms with Crippen LogP contribution in [-0.2, 0) is 19.5 Å². The van der Waals surface area contributed by atoms with Crippen LogP contribution >= 0.6 is 27.5 Å². The summed E-state index contributed by atoms with van der Waals surface area (Å²) in [7, 11) is -3.70. The Hall–Kier alpha value is -0.180. The maximum atomic E-state index is 12.2. The predicted molar refractivity (Wildman–Crippen MR) is 81.4 cm³/mol. The van der Waals surface area contributed by atoms with Gasteiger partial charge in [-0.25, -0.2) is 13.1 Å². The molecule has 0 atom stereocenters. The summed E-state index contributed by atoms with van der Waals surface area (Å²) in [4.78, 5) is 0.0223. The first-order valence-corrected chi connectivity index (χ1v) is 8.74. The molecule has 8 heteroatoms. The standard InChI is InChI=1S/C12H17BrClNO4S/c1-3-18-12(19-4-2)8-15-20(16,17)11-6-5-9(13)7-10(11)14/h5-7,12,15H,3-4,8H2,1-2H3. The number of rotatable bonds is 8. The highest BCUT2D eigenvalue weighted by Crippen LogP contribution is 2.25. The molecule has 0 heterocycles. The molecular weight excluding hydrogens is 370 g/mol. The Morgan fingerprint density at radius 1 is 1.30 bits per heavy atom. The van der Waals surface area contributed by atoms with Crippen LogP contribution in [0.3, 0.4) is 0 Å². The Kier molecular flexibility index (Phi) is 7.42. The summed E-state index contributed by atoms with van der Waals surface area (Å²) < 4.78 is 38.0. The minimum absolute atomic E-state index is 0.0223. The van der Waals surface area contributed by atoms with E-state index in [0.717, 1.165) is 0 Å². The van der Waals surface area contributed by atoms with E-state index in [9.17, 15) is 8.42 Å². The van der Waals surface area contributed by atoms with Crippen LogP contribution in [-0.4, -0.2) is 34.5 Å². The van der Waals surface area contributed by atoms with Gasteiger partial charge >= 0.3 is 0 Å². The van der Waals surface area contributed by atoms with Crippen molar-refractivity contribution in [3.8, 4) is 0 Å². The average Bonchev–Trinajstić information content (AvgIpc) is 2.36. The number of hydrogen-bond donors (Lipinski definition) is 1. The van der Waals surface area contributed by atoms with E-state index in [0.29, 0.717) is 17.7 Å². The monoisotopic (exact) mass is 385 g/mol. The van der Waals surface area contributed by atoms with E-state index in [1.54, 1.807) is 6.07 Å². The molecule has 0 aliphatic heterocycles. The van der Waals surface area contributed by atoms with Crippen LogP contribution in [0.5, 0.6) is 0 Å². The van der Waals surface area contributed by atoms with Crippen LogP contribution in [0.2, 0.25) is 5.02 Å². The van der Waals surface area contributed by atoms with Gasteiger partial charge in [-0.3, -0.25) is 0 Å². The molecule has 0 fully saturated rings. The van der Waals surface area contributed by atoms with Crippen molar-refractivity contribution >= 4 is 37.6 Å². The van der Waals surface area contributed by atoms with Crippen molar-refractivity contribution in [1.82, 2.24) is 4.72 Å². The third-order valence-corrected chi connectivity index (χ3v) is 4.73. The Balaban J connectivity index is 2.78. The van der Waals surface area contributed by atoms with Gasteiger partial charge in [0.1, 0.15) is 4.90 Å². The van der Waals surface area contributed by atoms with Gasteiger partial charge in [0.05, 0.1) is 11.6 Å². The summed E-state index contributed by atoms with van der Waals surface area (Å²) in [5.41, 5.74) is 0. The van der Waals surface area contributed by atoms with Crippen LogP contribution in [0.15, 0.2) is 27.6 Å². The van der Waals surface area contributed by atoms with Crippen molar-refractivity contribution in [2.24, 2.45) is 0 Å². The number of sulfonamides is 1. The molecule has 0 saturated heterocycles. The highest BCUT2D eigenvalue weighted by molar-refractivity contribution is 9.10. The van der Waals surface area contributed by atoms with Crippen LogP contribution in [0.1, 0.15) is 13.8 Å². The second-order valence-electron chi connectivity index (χ2n) is 3.77. The number of ether oxygens (including phenoxy) is 2. The zero-order valence-electron chi connectivity index (χ0n) is 11.2. The van der Waals surface area contributed by atoms with Gasteiger partial charge in [0.15, 0.2) is 6.29 Å². The van der Waals surface area contributed by atoms with Crippen LogP contribution in [0, 0.1) is 0 Å². The molecule has 1 aromatic carbocycles. The van der Waals surface area contributed by atoms with Crippen LogP contribution in [0.25, 0.3) is 0 Å². The lowest BCUT2D eigenvalue weighted by Crippen LogP contribution is -2.35. The second kappa shape index (κ2) is 8.31. The molecular formula is C12H17BrClNO4S. The van der Waals surface area contributed by atoms with Crippen molar-refractivity contribution in [1.29, 1.82) is 0 Å². The summed E-state index contributed by atoms with van der Waals surface area (Å²) in [5, 5.41) is 0.149. The summed E-state index contributed by atoms with van der Waals surface area (Å²) in [6.07, 6.45) is -0.617. The highest BCUT2D eigenvalue weighted by atomic mass is 79.9. The van der Waals surface area contributed by atoms with Gasteiger partial charge in [0.25, 0.3) is 0 Å². The van der Waals surface area contributed by atoms with Gasteiger partial charge in [0, 0.05) is 17.7 Å². The lowest BCUT2D eigenvalue weighted by Gasteiger charge is -2.17. The molecule has 0 bridgehead atoms. The number of hydrogen-bond acceptors (Lipinski definition) is 4. The SMILES string of the molecule is CCOC(CNS(=O)(=O)c1ccc(Br)cc1Cl)OCC. The van der Waals surface area contributed by atoms with Crippen molar-refractivity contribution in [2.45, 2.75) is 25.0 Å². The third-order valence-electron chi connectivity index (χ3n) is 2.33. The quantitative estimate of drug-likeness (QED) is 0.698. The van der Waals surface area contributed by atoms with Crippen LogP contribution < -0.4 is 4.72 Å². The van der Waals surface area contributed by atoms with Gasteiger partial charge in [-0.05, 0) is 32.0 Å². The smallest absolute Gasteiger partial charge is 0.242 e. The molecule has 1 N–H and O–H groups in total. The number of benzene rings is 1. The van der Waals surface area contributed by atoms with E-state index in [1.165, 1.54) is 12.1 Å². The molecule has 1 aromatic rings. The molecule has 0 unspecified atom stereocenters. The minimum Gasteiger partial charge on any atom is -0.352 e. The molecule has 0 spiro atoms. The first-order valence-electron chi connectivity index (χ1n) is 6.08. The zero-order chi connectivity index (χ0) is 15.2. The van der Waals surface area contributed by atoms with Crippen molar-refractivity contribution in [3.63, 3.8) is 0 Å². The fourth-order valence-corrected chi connectivity index (χ4v) is 3.54. The largest absolute Gasteiger partial charge is 0.352 e. The molecule has 114 valence electrons. The fourth-order valence-electron chi connectivity index (χ4n) is 1.49. The summed E-state index contributed by atoms with van der Waals surface area (Å²) in [6, 6.07) is 4.58. The average molecular weight is 387 g/mol. The van der Waals surface area contributed by atoms with E-state index in [4.69, 9.17) is 21.1 Å². The first kappa shape index (κ1) is 17.9. The summed E-state index contributed by atoms with van der Waals surface area (Å²) in [6.45, 7) is 4.52. The maximum Gasteiger partial charge on any atom is 0.242 e. The zero-order valence-corrected chi connectivity index (χ0v) is 14.4. The Labute approximate surface area is 132 Å². The minimum atomic E-state index is -3.70. The third kappa shape index (κ3) is 5.31. The van der Waals surface area contributed by atoms with E-state index in [1.807, 2.05) is 13.8 Å². The Morgan fingerprint density at radius 2 is 1.90 bits per heavy atom. The van der Waals surface area contributed by atoms with Gasteiger partial charge < -0.3 is 9.47 Å². The summed E-state index contributed by atoms with van der Waals surface area (Å²) in [5.74, 6) is 0. The molecule has 0 amide bonds. The Bertz CT molecular complexity index is 532. The molecule has 0 saturated carbocycles. The summed E-state index contributed by atoms with van der Waals surface area (Å²) >= 11 is 9.17. The molecule has 0 aromatic heterocycles. The molecule has 0 aliphatic rings. The lowest BCUT2D eigenvalue weighted by molar-refractivity contribution is -0.130. The van der Waals surface area contributed by atoms with E-state index >= 15 is 0 Å². The van der Waals surface area contributed by atoms with E-state index < -0.39 is 16.3 Å². The maximum absolute atomic E-state index is 12.2. The lowest BCUT2D eigenvalue weighted by atomic mass is 10.4. The topological polar surface area (TPSA) is 64.6 Å². The fraction of sp³-hybridized carbons (Fsp3) is 0.500. The number of halogens is 2. The second-order valence-corrected chi connectivity index (χ2v) is 6.83. The van der Waals surface area contributed by atoms with Gasteiger partial charge in [-0.15, -0.1) is 0 Å². The molecule has 0 radical (unpaired) electrons. The van der Waals surface area contributed by atoms with E-state index in [2.05, 4.69) is 20.7 Å². The van der Waals surface area contributed by atoms with Crippen molar-refractivity contribution in [2.75, 3.05) is 19.8 Å². The van der Waals surface area contributed by atoms with Crippen molar-refractivity contribution in [3.05, 3.63) is 27.7 Å². The molecule has 20 heavy (non-hydrogen) atoms. The molecule has 1 rings (SSSR count). The molecule has 0 aliphatic carbocycles. The molecule has 5 nitrogen and oxygen atoms in total. The highest BCUT2D eigenvalue weighted by Gasteiger charge is 2.20. The van der Waals surface area contributed by atoms with E-state index in [-0.39, 0.29) is 16.5 Å². The van der Waals surface area contributed by atoms with Crippen molar-refractivity contribution < 1.29 is 17.9 Å². The van der Waals surface area contributed by atoms with Crippen LogP contribution in [0.4, 0.5) is 0 Å². The normalized spacial score (nSPS) is 12.1. The van der Waals surface area contributed by atoms with Gasteiger partial charge in [-0.2, -0.15) is 0 Å². The first-order chi connectivity index (χ1) is 9.40. The van der Waals surface area contributed by atoms with Gasteiger partial charge in [-0.1, -0.05) is 27.5 Å².